The van der Waals surface area contributed by atoms with Gasteiger partial charge in [-0.2, -0.15) is 0 Å². The minimum absolute atomic E-state index is 0.0106. The lowest BCUT2D eigenvalue weighted by molar-refractivity contribution is -0.128. The molecule has 2 amide bonds. The van der Waals surface area contributed by atoms with E-state index < -0.39 is 5.41 Å². The number of hydrogen-bond donors (Lipinski definition) is 2. The fraction of sp³-hybridized carbons (Fsp3) is 0.467. The topological polar surface area (TPSA) is 69.6 Å². The van der Waals surface area contributed by atoms with Crippen molar-refractivity contribution in [1.29, 1.82) is 0 Å². The van der Waals surface area contributed by atoms with Crippen LogP contribution in [-0.2, 0) is 4.79 Å². The van der Waals surface area contributed by atoms with E-state index >= 15 is 0 Å². The molecule has 0 radical (unpaired) electrons. The Bertz CT molecular complexity index is 556. The van der Waals surface area contributed by atoms with E-state index in [1.54, 1.807) is 30.1 Å². The Morgan fingerprint density at radius 2 is 2.10 bits per heavy atom. The Balaban J connectivity index is 2.18. The summed E-state index contributed by atoms with van der Waals surface area (Å²) < 4.78 is 0. The van der Waals surface area contributed by atoms with Gasteiger partial charge in [-0.25, -0.2) is 0 Å². The first-order valence-corrected chi connectivity index (χ1v) is 6.68. The first-order valence-electron chi connectivity index (χ1n) is 6.68. The number of hydrogen-bond acceptors (Lipinski definition) is 3. The number of nitrogens with one attached hydrogen (secondary N) is 1. The van der Waals surface area contributed by atoms with Crippen LogP contribution in [0.1, 0.15) is 29.3 Å². The molecule has 5 nitrogen and oxygen atoms in total. The van der Waals surface area contributed by atoms with E-state index in [4.69, 9.17) is 0 Å². The van der Waals surface area contributed by atoms with Crippen molar-refractivity contribution in [3.05, 3.63) is 29.3 Å². The van der Waals surface area contributed by atoms with E-state index in [0.29, 0.717) is 19.5 Å². The monoisotopic (exact) mass is 276 g/mol. The van der Waals surface area contributed by atoms with Gasteiger partial charge in [-0.3, -0.25) is 9.59 Å². The lowest BCUT2D eigenvalue weighted by Crippen LogP contribution is -2.40. The molecule has 0 aromatic heterocycles. The van der Waals surface area contributed by atoms with Crippen molar-refractivity contribution in [3.63, 3.8) is 0 Å². The third-order valence-corrected chi connectivity index (χ3v) is 3.92. The number of carbonyl (C=O) groups is 2. The third-order valence-electron chi connectivity index (χ3n) is 3.92. The molecule has 0 aliphatic carbocycles. The molecule has 2 rings (SSSR count). The van der Waals surface area contributed by atoms with Crippen molar-refractivity contribution < 1.29 is 14.7 Å². The van der Waals surface area contributed by atoms with Crippen LogP contribution in [0.5, 0.6) is 5.75 Å². The number of nitrogens with zero attached hydrogens (tertiary/aromatic N) is 1. The third kappa shape index (κ3) is 2.48. The molecule has 5 heteroatoms. The average Bonchev–Trinajstić information content (AvgIpc) is 2.81. The molecule has 1 aliphatic heterocycles. The molecule has 1 unspecified atom stereocenters. The van der Waals surface area contributed by atoms with Gasteiger partial charge < -0.3 is 15.3 Å². The number of aromatic hydroxyl groups is 1. The van der Waals surface area contributed by atoms with Gasteiger partial charge in [0.05, 0.1) is 11.0 Å². The minimum Gasteiger partial charge on any atom is -0.507 e. The van der Waals surface area contributed by atoms with E-state index in [1.807, 2.05) is 13.8 Å². The second kappa shape index (κ2) is 5.15. The summed E-state index contributed by atoms with van der Waals surface area (Å²) >= 11 is 0. The maximum absolute atomic E-state index is 12.4. The predicted octanol–water partition coefficient (Wildman–Crippen LogP) is 1.30. The molecule has 20 heavy (non-hydrogen) atoms. The lowest BCUT2D eigenvalue weighted by Gasteiger charge is -2.23. The number of rotatable bonds is 2. The summed E-state index contributed by atoms with van der Waals surface area (Å²) in [4.78, 5) is 25.9. The molecule has 1 saturated heterocycles. The highest BCUT2D eigenvalue weighted by atomic mass is 16.3. The Hall–Kier alpha value is -2.04. The Morgan fingerprint density at radius 1 is 1.40 bits per heavy atom. The summed E-state index contributed by atoms with van der Waals surface area (Å²) in [6, 6.07) is 4.99. The van der Waals surface area contributed by atoms with Gasteiger partial charge in [0.2, 0.25) is 5.91 Å². The highest BCUT2D eigenvalue weighted by molar-refractivity contribution is 5.97. The highest BCUT2D eigenvalue weighted by Gasteiger charge is 2.41. The van der Waals surface area contributed by atoms with Crippen LogP contribution >= 0.6 is 0 Å². The molecule has 2 N–H and O–H groups in total. The SMILES string of the molecule is CNC(=O)C1(C)CCN(C(=O)c2ccc(C)cc2O)C1. The van der Waals surface area contributed by atoms with Crippen LogP contribution in [0.2, 0.25) is 0 Å². The van der Waals surface area contributed by atoms with Crippen molar-refractivity contribution in [3.8, 4) is 5.75 Å². The number of phenols is 1. The second-order valence-electron chi connectivity index (χ2n) is 5.64. The number of carbonyl (C=O) groups excluding carboxylic acids is 2. The molecule has 1 fully saturated rings. The van der Waals surface area contributed by atoms with Crippen molar-refractivity contribution in [2.24, 2.45) is 5.41 Å². The maximum atomic E-state index is 12.4. The standard InChI is InChI=1S/C15H20N2O3/c1-10-4-5-11(12(18)8-10)13(19)17-7-6-15(2,9-17)14(20)16-3/h4-5,8,18H,6-7,9H2,1-3H3,(H,16,20). The van der Waals surface area contributed by atoms with Crippen molar-refractivity contribution in [2.45, 2.75) is 20.3 Å². The maximum Gasteiger partial charge on any atom is 0.257 e. The molecule has 108 valence electrons. The summed E-state index contributed by atoms with van der Waals surface area (Å²) in [5.41, 5.74) is 0.637. The zero-order valence-corrected chi connectivity index (χ0v) is 12.1. The zero-order valence-electron chi connectivity index (χ0n) is 12.1. The molecule has 0 bridgehead atoms. The summed E-state index contributed by atoms with van der Waals surface area (Å²) in [6.07, 6.45) is 0.630. The molecule has 0 spiro atoms. The molecule has 1 heterocycles. The fourth-order valence-corrected chi connectivity index (χ4v) is 2.61. The second-order valence-corrected chi connectivity index (χ2v) is 5.64. The van der Waals surface area contributed by atoms with E-state index in [0.717, 1.165) is 5.56 Å². The van der Waals surface area contributed by atoms with Gasteiger partial charge in [0.1, 0.15) is 5.75 Å². The summed E-state index contributed by atoms with van der Waals surface area (Å²) in [6.45, 7) is 4.61. The lowest BCUT2D eigenvalue weighted by atomic mass is 9.89. The largest absolute Gasteiger partial charge is 0.507 e. The van der Waals surface area contributed by atoms with E-state index in [1.165, 1.54) is 0 Å². The first kappa shape index (κ1) is 14.4. The van der Waals surface area contributed by atoms with Crippen LogP contribution in [0.3, 0.4) is 0 Å². The van der Waals surface area contributed by atoms with E-state index in [-0.39, 0.29) is 23.1 Å². The number of benzene rings is 1. The summed E-state index contributed by atoms with van der Waals surface area (Å²) in [5.74, 6) is -0.292. The van der Waals surface area contributed by atoms with Gasteiger partial charge >= 0.3 is 0 Å². The fourth-order valence-electron chi connectivity index (χ4n) is 2.61. The van der Waals surface area contributed by atoms with Crippen LogP contribution in [0.15, 0.2) is 18.2 Å². The van der Waals surface area contributed by atoms with Crippen LogP contribution in [-0.4, -0.2) is 42.0 Å². The molecular formula is C15H20N2O3. The molecular weight excluding hydrogens is 256 g/mol. The Kier molecular flexibility index (Phi) is 3.70. The van der Waals surface area contributed by atoms with Crippen LogP contribution in [0.25, 0.3) is 0 Å². The number of amides is 2. The zero-order chi connectivity index (χ0) is 14.9. The molecule has 0 saturated carbocycles. The number of phenolic OH excluding ortho intramolecular Hbond substituents is 1. The number of likely N-dealkylation sites (tertiary alicyclic amines) is 1. The van der Waals surface area contributed by atoms with Gasteiger partial charge in [0.15, 0.2) is 0 Å². The number of aryl methyl sites for hydroxylation is 1. The normalized spacial score (nSPS) is 21.9. The average molecular weight is 276 g/mol. The van der Waals surface area contributed by atoms with Crippen molar-refractivity contribution >= 4 is 11.8 Å². The van der Waals surface area contributed by atoms with E-state index in [9.17, 15) is 14.7 Å². The van der Waals surface area contributed by atoms with Gasteiger partial charge in [0, 0.05) is 20.1 Å². The van der Waals surface area contributed by atoms with Crippen molar-refractivity contribution in [2.75, 3.05) is 20.1 Å². The smallest absolute Gasteiger partial charge is 0.257 e. The molecule has 1 aliphatic rings. The van der Waals surface area contributed by atoms with Crippen LogP contribution in [0.4, 0.5) is 0 Å². The van der Waals surface area contributed by atoms with Gasteiger partial charge in [0.25, 0.3) is 5.91 Å². The summed E-state index contributed by atoms with van der Waals surface area (Å²) in [7, 11) is 1.60. The highest BCUT2D eigenvalue weighted by Crippen LogP contribution is 2.32. The van der Waals surface area contributed by atoms with Gasteiger partial charge in [-0.1, -0.05) is 6.07 Å². The quantitative estimate of drug-likeness (QED) is 0.855. The van der Waals surface area contributed by atoms with Crippen LogP contribution in [0, 0.1) is 12.3 Å². The van der Waals surface area contributed by atoms with Crippen molar-refractivity contribution in [1.82, 2.24) is 10.2 Å². The predicted molar refractivity (Wildman–Crippen MR) is 75.5 cm³/mol. The Morgan fingerprint density at radius 3 is 2.70 bits per heavy atom. The van der Waals surface area contributed by atoms with E-state index in [2.05, 4.69) is 5.32 Å². The minimum atomic E-state index is -0.551. The van der Waals surface area contributed by atoms with Crippen LogP contribution < -0.4 is 5.32 Å². The first-order chi connectivity index (χ1) is 9.37. The Labute approximate surface area is 118 Å². The van der Waals surface area contributed by atoms with Gasteiger partial charge in [-0.05, 0) is 38.0 Å². The van der Waals surface area contributed by atoms with Gasteiger partial charge in [-0.15, -0.1) is 0 Å². The molecule has 1 aromatic carbocycles. The molecule has 1 atom stereocenters. The molecule has 1 aromatic rings. The summed E-state index contributed by atoms with van der Waals surface area (Å²) in [5, 5.41) is 12.5.